The van der Waals surface area contributed by atoms with Crippen LogP contribution in [-0.4, -0.2) is 103 Å². The van der Waals surface area contributed by atoms with E-state index in [1.54, 1.807) is 0 Å². The van der Waals surface area contributed by atoms with Crippen LogP contribution in [0, 0.1) is 0 Å². The first-order valence-electron chi connectivity index (χ1n) is 0.783. The van der Waals surface area contributed by atoms with Gasteiger partial charge in [0.1, 0.15) is 0 Å². The average molecular weight is 167 g/mol. The zero-order chi connectivity index (χ0) is 4.50. The molecular formula is H3Na3O4P. The Hall–Kier alpha value is 3.11. The van der Waals surface area contributed by atoms with Crippen molar-refractivity contribution in [3.05, 3.63) is 0 Å². The third-order valence-corrected chi connectivity index (χ3v) is 0. The summed E-state index contributed by atoms with van der Waals surface area (Å²) in [5.74, 6) is 0. The van der Waals surface area contributed by atoms with Crippen molar-refractivity contribution in [2.75, 3.05) is 0 Å². The molecule has 0 rings (SSSR count). The van der Waals surface area contributed by atoms with E-state index in [0.29, 0.717) is 0 Å². The molecule has 0 aromatic heterocycles. The van der Waals surface area contributed by atoms with Gasteiger partial charge in [-0.05, 0) is 0 Å². The van der Waals surface area contributed by atoms with E-state index in [9.17, 15) is 0 Å². The molecule has 0 atom stereocenters. The minimum atomic E-state index is -4.64. The van der Waals surface area contributed by atoms with E-state index in [0.717, 1.165) is 0 Å². The molecule has 0 bridgehead atoms. The Bertz CT molecular complexity index is 57.4. The van der Waals surface area contributed by atoms with E-state index in [2.05, 4.69) is 0 Å². The van der Waals surface area contributed by atoms with Crippen molar-refractivity contribution >= 4 is 96.5 Å². The molecule has 0 aliphatic heterocycles. The molecule has 3 radical (unpaired) electrons. The maximum Gasteiger partial charge on any atom is 0.466 e. The van der Waals surface area contributed by atoms with Gasteiger partial charge in [-0.15, -0.1) is 0 Å². The second-order valence-corrected chi connectivity index (χ2v) is 1.54. The molecule has 0 heterocycles. The first-order chi connectivity index (χ1) is 2.00. The number of rotatable bonds is 0. The largest absolute Gasteiger partial charge is 0.466 e. The van der Waals surface area contributed by atoms with Crippen LogP contribution in [0.1, 0.15) is 0 Å². The third kappa shape index (κ3) is 61.9. The van der Waals surface area contributed by atoms with Gasteiger partial charge in [-0.1, -0.05) is 0 Å². The first-order valence-corrected chi connectivity index (χ1v) is 2.35. The van der Waals surface area contributed by atoms with Crippen molar-refractivity contribution in [1.29, 1.82) is 0 Å². The summed E-state index contributed by atoms with van der Waals surface area (Å²) < 4.78 is 8.88. The minimum absolute atomic E-state index is 0. The van der Waals surface area contributed by atoms with E-state index in [1.165, 1.54) is 0 Å². The number of hydrogen-bond acceptors (Lipinski definition) is 1. The Morgan fingerprint density at radius 2 is 0.875 bits per heavy atom. The van der Waals surface area contributed by atoms with Gasteiger partial charge in [-0.25, -0.2) is 4.57 Å². The smallest absolute Gasteiger partial charge is 0.303 e. The van der Waals surface area contributed by atoms with Crippen LogP contribution < -0.4 is 0 Å². The molecule has 35 valence electrons. The van der Waals surface area contributed by atoms with Crippen molar-refractivity contribution in [3.63, 3.8) is 0 Å². The van der Waals surface area contributed by atoms with E-state index in [1.807, 2.05) is 0 Å². The molecule has 0 amide bonds. The third-order valence-electron chi connectivity index (χ3n) is 0. The summed E-state index contributed by atoms with van der Waals surface area (Å²) in [4.78, 5) is 21.6. The van der Waals surface area contributed by atoms with Crippen LogP contribution in [0.2, 0.25) is 0 Å². The molecule has 0 fully saturated rings. The van der Waals surface area contributed by atoms with Gasteiger partial charge < -0.3 is 14.7 Å². The Balaban J connectivity index is -0.0000000267. The van der Waals surface area contributed by atoms with Gasteiger partial charge in [-0.2, -0.15) is 0 Å². The van der Waals surface area contributed by atoms with Crippen LogP contribution in [0.5, 0.6) is 0 Å². The summed E-state index contributed by atoms with van der Waals surface area (Å²) in [5.41, 5.74) is 0. The summed E-state index contributed by atoms with van der Waals surface area (Å²) in [7, 11) is -4.64. The van der Waals surface area contributed by atoms with Gasteiger partial charge in [0, 0.05) is 88.7 Å². The quantitative estimate of drug-likeness (QED) is 0.286. The Labute approximate surface area is 114 Å². The molecule has 0 spiro atoms. The molecule has 0 aliphatic carbocycles. The monoisotopic (exact) mass is 167 g/mol. The van der Waals surface area contributed by atoms with Crippen LogP contribution in [-0.2, 0) is 4.57 Å². The number of hydrogen-bond donors (Lipinski definition) is 3. The normalized spacial score (nSPS) is 7.38. The Morgan fingerprint density at radius 3 is 0.875 bits per heavy atom. The van der Waals surface area contributed by atoms with Crippen LogP contribution in [0.4, 0.5) is 0 Å². The molecule has 4 nitrogen and oxygen atoms in total. The summed E-state index contributed by atoms with van der Waals surface area (Å²) in [6.07, 6.45) is 0. The standard InChI is InChI=1S/3Na.H3O4P/c;;;1-5(2,3)4/h;;;(H3,1,2,3,4). The molecule has 8 heavy (non-hydrogen) atoms. The number of phosphoric acid groups is 1. The topological polar surface area (TPSA) is 77.8 Å². The Kier molecular flexibility index (Phi) is 28.4. The predicted octanol–water partition coefficient (Wildman–Crippen LogP) is -2.07. The molecule has 0 aromatic rings. The van der Waals surface area contributed by atoms with Crippen molar-refractivity contribution < 1.29 is 19.2 Å². The fourth-order valence-corrected chi connectivity index (χ4v) is 0. The van der Waals surface area contributed by atoms with Gasteiger partial charge >= 0.3 is 7.82 Å². The molecule has 8 heteroatoms. The average Bonchev–Trinajstić information content (AvgIpc) is 0.722. The van der Waals surface area contributed by atoms with Crippen LogP contribution >= 0.6 is 7.82 Å². The predicted molar refractivity (Wildman–Crippen MR) is 31.5 cm³/mol. The van der Waals surface area contributed by atoms with Gasteiger partial charge in [-0.3, -0.25) is 0 Å². The summed E-state index contributed by atoms with van der Waals surface area (Å²) in [5, 5.41) is 0. The van der Waals surface area contributed by atoms with Gasteiger partial charge in [0.05, 0.1) is 0 Å². The van der Waals surface area contributed by atoms with Gasteiger partial charge in [0.15, 0.2) is 0 Å². The minimum Gasteiger partial charge on any atom is -0.303 e. The van der Waals surface area contributed by atoms with Crippen LogP contribution in [0.15, 0.2) is 0 Å². The van der Waals surface area contributed by atoms with E-state index >= 15 is 0 Å². The maximum atomic E-state index is 8.88. The SMILES string of the molecule is O=P(O)(O)O.[Na].[Na].[Na]. The van der Waals surface area contributed by atoms with E-state index in [-0.39, 0.29) is 88.7 Å². The molecule has 0 aliphatic rings. The second kappa shape index (κ2) is 10.1. The molecule has 0 unspecified atom stereocenters. The first kappa shape index (κ1) is 22.5. The zero-order valence-corrected chi connectivity index (χ0v) is 12.1. The van der Waals surface area contributed by atoms with Crippen LogP contribution in [0.3, 0.4) is 0 Å². The van der Waals surface area contributed by atoms with Crippen molar-refractivity contribution in [3.8, 4) is 0 Å². The van der Waals surface area contributed by atoms with E-state index < -0.39 is 7.82 Å². The fourth-order valence-electron chi connectivity index (χ4n) is 0. The summed E-state index contributed by atoms with van der Waals surface area (Å²) >= 11 is 0. The molecular weight excluding hydrogens is 164 g/mol. The van der Waals surface area contributed by atoms with E-state index in [4.69, 9.17) is 19.2 Å². The molecule has 0 saturated carbocycles. The Morgan fingerprint density at radius 1 is 0.875 bits per heavy atom. The van der Waals surface area contributed by atoms with Crippen molar-refractivity contribution in [2.45, 2.75) is 0 Å². The zero-order valence-electron chi connectivity index (χ0n) is 5.20. The van der Waals surface area contributed by atoms with Gasteiger partial charge in [0.25, 0.3) is 0 Å². The summed E-state index contributed by atoms with van der Waals surface area (Å²) in [6, 6.07) is 0. The molecule has 0 saturated heterocycles. The molecule has 3 N–H and O–H groups in total. The van der Waals surface area contributed by atoms with Crippen LogP contribution in [0.25, 0.3) is 0 Å². The second-order valence-electron chi connectivity index (χ2n) is 0.513. The van der Waals surface area contributed by atoms with Crippen molar-refractivity contribution in [1.82, 2.24) is 0 Å². The maximum absolute atomic E-state index is 8.88. The summed E-state index contributed by atoms with van der Waals surface area (Å²) in [6.45, 7) is 0. The molecule has 0 aromatic carbocycles. The van der Waals surface area contributed by atoms with Crippen molar-refractivity contribution in [2.24, 2.45) is 0 Å². The van der Waals surface area contributed by atoms with Gasteiger partial charge in [0.2, 0.25) is 0 Å². The fraction of sp³-hybridized carbons (Fsp3) is 0.